The normalized spacial score (nSPS) is 14.3. The Labute approximate surface area is 86.4 Å². The van der Waals surface area contributed by atoms with Gasteiger partial charge in [0.15, 0.2) is 0 Å². The molecule has 0 saturated carbocycles. The van der Waals surface area contributed by atoms with Crippen LogP contribution in [-0.2, 0) is 6.42 Å². The fourth-order valence-electron chi connectivity index (χ4n) is 1.79. The summed E-state index contributed by atoms with van der Waals surface area (Å²) >= 11 is 1.80. The Hall–Kier alpha value is -1.41. The van der Waals surface area contributed by atoms with Gasteiger partial charge in [-0.25, -0.2) is 0 Å². The van der Waals surface area contributed by atoms with Crippen molar-refractivity contribution in [1.82, 2.24) is 0 Å². The lowest BCUT2D eigenvalue weighted by molar-refractivity contribution is 1.37. The van der Waals surface area contributed by atoms with Crippen LogP contribution in [0.2, 0.25) is 0 Å². The highest BCUT2D eigenvalue weighted by Gasteiger charge is 2.06. The maximum atomic E-state index is 4.18. The van der Waals surface area contributed by atoms with Gasteiger partial charge in [-0.1, -0.05) is 12.1 Å². The zero-order chi connectivity index (χ0) is 9.38. The second-order valence-corrected chi connectivity index (χ2v) is 4.24. The molecule has 2 heteroatoms. The van der Waals surface area contributed by atoms with Crippen LogP contribution in [0.1, 0.15) is 11.1 Å². The molecule has 2 heterocycles. The highest BCUT2D eigenvalue weighted by atomic mass is 32.1. The molecule has 0 spiro atoms. The molecule has 0 atom stereocenters. The maximum absolute atomic E-state index is 4.18. The Morgan fingerprint density at radius 1 is 1.21 bits per heavy atom. The van der Waals surface area contributed by atoms with Crippen molar-refractivity contribution in [3.05, 3.63) is 40.9 Å². The SMILES string of the molecule is C1=Cc2c(ccc3ccsc23)CC=N1. The second-order valence-electron chi connectivity index (χ2n) is 3.33. The number of fused-ring (bicyclic) bond motifs is 3. The minimum atomic E-state index is 0.941. The van der Waals surface area contributed by atoms with Crippen LogP contribution in [-0.4, -0.2) is 6.21 Å². The topological polar surface area (TPSA) is 12.4 Å². The first-order valence-electron chi connectivity index (χ1n) is 4.62. The molecule has 0 radical (unpaired) electrons. The van der Waals surface area contributed by atoms with Gasteiger partial charge in [0.2, 0.25) is 0 Å². The minimum Gasteiger partial charge on any atom is -0.269 e. The number of rotatable bonds is 0. The average Bonchev–Trinajstić information content (AvgIpc) is 2.55. The fraction of sp³-hybridized carbons (Fsp3) is 0.0833. The lowest BCUT2D eigenvalue weighted by Crippen LogP contribution is -1.88. The lowest BCUT2D eigenvalue weighted by atomic mass is 10.0. The number of hydrogen-bond acceptors (Lipinski definition) is 2. The zero-order valence-electron chi connectivity index (χ0n) is 7.60. The van der Waals surface area contributed by atoms with Crippen LogP contribution in [0, 0.1) is 0 Å². The molecular weight excluding hydrogens is 190 g/mol. The van der Waals surface area contributed by atoms with Crippen LogP contribution in [0.15, 0.2) is 34.8 Å². The molecule has 0 saturated heterocycles. The summed E-state index contributed by atoms with van der Waals surface area (Å²) in [5, 5.41) is 3.48. The predicted octanol–water partition coefficient (Wildman–Crippen LogP) is 3.50. The van der Waals surface area contributed by atoms with E-state index in [2.05, 4.69) is 34.6 Å². The van der Waals surface area contributed by atoms with Gasteiger partial charge in [0.25, 0.3) is 0 Å². The summed E-state index contributed by atoms with van der Waals surface area (Å²) in [6, 6.07) is 6.56. The molecule has 0 amide bonds. The molecule has 1 aliphatic rings. The van der Waals surface area contributed by atoms with Gasteiger partial charge in [0.1, 0.15) is 0 Å². The smallest absolute Gasteiger partial charge is 0.0418 e. The third-order valence-corrected chi connectivity index (χ3v) is 3.46. The van der Waals surface area contributed by atoms with Gasteiger partial charge in [0, 0.05) is 23.5 Å². The van der Waals surface area contributed by atoms with Crippen molar-refractivity contribution >= 4 is 33.7 Å². The van der Waals surface area contributed by atoms with Crippen LogP contribution in [0.5, 0.6) is 0 Å². The van der Waals surface area contributed by atoms with E-state index in [0.29, 0.717) is 0 Å². The summed E-state index contributed by atoms with van der Waals surface area (Å²) in [4.78, 5) is 4.18. The Bertz CT molecular complexity index is 534. The van der Waals surface area contributed by atoms with Crippen LogP contribution in [0.3, 0.4) is 0 Å². The molecule has 0 aliphatic carbocycles. The van der Waals surface area contributed by atoms with Crippen molar-refractivity contribution < 1.29 is 0 Å². The van der Waals surface area contributed by atoms with E-state index in [4.69, 9.17) is 0 Å². The number of hydrogen-bond donors (Lipinski definition) is 0. The van der Waals surface area contributed by atoms with E-state index >= 15 is 0 Å². The Kier molecular flexibility index (Phi) is 1.74. The van der Waals surface area contributed by atoms with Gasteiger partial charge in [-0.2, -0.15) is 0 Å². The minimum absolute atomic E-state index is 0.941. The van der Waals surface area contributed by atoms with Crippen LogP contribution >= 0.6 is 11.3 Å². The predicted molar refractivity (Wildman–Crippen MR) is 63.1 cm³/mol. The summed E-state index contributed by atoms with van der Waals surface area (Å²) in [5.41, 5.74) is 2.72. The first kappa shape index (κ1) is 7.94. The molecule has 1 aromatic carbocycles. The molecule has 3 rings (SSSR count). The van der Waals surface area contributed by atoms with Crippen molar-refractivity contribution in [2.75, 3.05) is 0 Å². The van der Waals surface area contributed by atoms with E-state index in [1.165, 1.54) is 21.2 Å². The molecule has 1 nitrogen and oxygen atoms in total. The fourth-order valence-corrected chi connectivity index (χ4v) is 2.73. The summed E-state index contributed by atoms with van der Waals surface area (Å²) < 4.78 is 1.38. The quantitative estimate of drug-likeness (QED) is 0.615. The van der Waals surface area contributed by atoms with E-state index in [1.807, 2.05) is 12.4 Å². The molecule has 0 N–H and O–H groups in total. The Morgan fingerprint density at radius 2 is 2.21 bits per heavy atom. The molecule has 0 bridgehead atoms. The summed E-state index contributed by atoms with van der Waals surface area (Å²) in [5.74, 6) is 0. The van der Waals surface area contributed by atoms with Crippen molar-refractivity contribution in [2.24, 2.45) is 4.99 Å². The second kappa shape index (κ2) is 3.07. The van der Waals surface area contributed by atoms with Gasteiger partial charge < -0.3 is 0 Å². The summed E-state index contributed by atoms with van der Waals surface area (Å²) in [7, 11) is 0. The van der Waals surface area contributed by atoms with E-state index in [9.17, 15) is 0 Å². The van der Waals surface area contributed by atoms with Crippen LogP contribution in [0.25, 0.3) is 16.2 Å². The molecule has 1 aliphatic heterocycles. The van der Waals surface area contributed by atoms with Gasteiger partial charge in [0.05, 0.1) is 0 Å². The monoisotopic (exact) mass is 199 g/mol. The molecular formula is C12H9NS. The largest absolute Gasteiger partial charge is 0.269 e. The number of thiophene rings is 1. The standard InChI is InChI=1S/C12H9NS/c1-2-10-5-8-14-12(10)11-4-7-13-6-3-9(1)11/h1-2,4-8H,3H2. The highest BCUT2D eigenvalue weighted by Crippen LogP contribution is 2.29. The molecule has 14 heavy (non-hydrogen) atoms. The van der Waals surface area contributed by atoms with E-state index < -0.39 is 0 Å². The van der Waals surface area contributed by atoms with E-state index in [1.54, 1.807) is 11.3 Å². The van der Waals surface area contributed by atoms with Gasteiger partial charge in [-0.3, -0.25) is 4.99 Å². The highest BCUT2D eigenvalue weighted by molar-refractivity contribution is 7.17. The average molecular weight is 199 g/mol. The van der Waals surface area contributed by atoms with Gasteiger partial charge in [-0.15, -0.1) is 11.3 Å². The Balaban J connectivity index is 2.38. The van der Waals surface area contributed by atoms with Crippen LogP contribution < -0.4 is 0 Å². The Morgan fingerprint density at radius 3 is 3.21 bits per heavy atom. The first-order valence-corrected chi connectivity index (χ1v) is 5.50. The van der Waals surface area contributed by atoms with Gasteiger partial charge >= 0.3 is 0 Å². The van der Waals surface area contributed by atoms with Crippen molar-refractivity contribution in [2.45, 2.75) is 6.42 Å². The number of benzene rings is 1. The first-order chi connectivity index (χ1) is 6.95. The van der Waals surface area contributed by atoms with Crippen molar-refractivity contribution in [1.29, 1.82) is 0 Å². The summed E-state index contributed by atoms with van der Waals surface area (Å²) in [6.07, 6.45) is 6.89. The molecule has 0 unspecified atom stereocenters. The third-order valence-electron chi connectivity index (χ3n) is 2.49. The van der Waals surface area contributed by atoms with E-state index in [0.717, 1.165) is 6.42 Å². The van der Waals surface area contributed by atoms with E-state index in [-0.39, 0.29) is 0 Å². The number of nitrogens with zero attached hydrogens (tertiary/aromatic N) is 1. The maximum Gasteiger partial charge on any atom is 0.0418 e. The molecule has 68 valence electrons. The molecule has 2 aromatic rings. The molecule has 1 aromatic heterocycles. The lowest BCUT2D eigenvalue weighted by Gasteiger charge is -2.02. The number of aliphatic imine (C=N–C) groups is 1. The summed E-state index contributed by atoms with van der Waals surface area (Å²) in [6.45, 7) is 0. The zero-order valence-corrected chi connectivity index (χ0v) is 8.42. The van der Waals surface area contributed by atoms with Crippen molar-refractivity contribution in [3.63, 3.8) is 0 Å². The molecule has 0 fully saturated rings. The third kappa shape index (κ3) is 1.11. The van der Waals surface area contributed by atoms with Gasteiger partial charge in [-0.05, 0) is 34.0 Å². The van der Waals surface area contributed by atoms with Crippen molar-refractivity contribution in [3.8, 4) is 0 Å². The van der Waals surface area contributed by atoms with Crippen LogP contribution in [0.4, 0.5) is 0 Å².